The molecule has 0 atom stereocenters. The van der Waals surface area contributed by atoms with Crippen molar-refractivity contribution in [3.63, 3.8) is 0 Å². The normalized spacial score (nSPS) is 12.7. The second-order valence-corrected chi connectivity index (χ2v) is 18.2. The first-order valence-corrected chi connectivity index (χ1v) is 21.6. The number of para-hydroxylation sites is 3. The average Bonchev–Trinajstić information content (AvgIpc) is 3.30. The van der Waals surface area contributed by atoms with Crippen molar-refractivity contribution in [1.82, 2.24) is 0 Å². The maximum absolute atomic E-state index is 2.93. The SMILES string of the molecule is c1ccc(-c2ccc(N(c3ccc4c(c3)[Si](c3ccccc3)(c3ccccc3)c3ccccc3N4c3ccccc3)c3ccccc3-c3ccccc3)cc2)cc1. The Morgan fingerprint density at radius 3 is 1.46 bits per heavy atom. The van der Waals surface area contributed by atoms with Crippen molar-refractivity contribution in [3.8, 4) is 22.3 Å². The zero-order valence-corrected chi connectivity index (χ0v) is 32.5. The van der Waals surface area contributed by atoms with Crippen LogP contribution in [-0.2, 0) is 0 Å². The van der Waals surface area contributed by atoms with Crippen molar-refractivity contribution >= 4 is 62.9 Å². The highest BCUT2D eigenvalue weighted by molar-refractivity contribution is 7.21. The summed E-state index contributed by atoms with van der Waals surface area (Å²) in [5.41, 5.74) is 11.7. The lowest BCUT2D eigenvalue weighted by Gasteiger charge is -2.45. The van der Waals surface area contributed by atoms with Gasteiger partial charge in [0.15, 0.2) is 8.07 Å². The molecule has 0 N–H and O–H groups in total. The van der Waals surface area contributed by atoms with E-state index in [4.69, 9.17) is 0 Å². The van der Waals surface area contributed by atoms with Crippen LogP contribution in [0.25, 0.3) is 22.3 Å². The molecule has 3 heteroatoms. The number of hydrogen-bond acceptors (Lipinski definition) is 2. The van der Waals surface area contributed by atoms with Crippen molar-refractivity contribution < 1.29 is 0 Å². The molecule has 0 unspecified atom stereocenters. The fraction of sp³-hybridized carbons (Fsp3) is 0. The minimum absolute atomic E-state index is 1.10. The van der Waals surface area contributed by atoms with E-state index in [9.17, 15) is 0 Å². The molecule has 2 nitrogen and oxygen atoms in total. The number of rotatable bonds is 8. The summed E-state index contributed by atoms with van der Waals surface area (Å²) in [7, 11) is -2.93. The Labute approximate surface area is 336 Å². The van der Waals surface area contributed by atoms with Gasteiger partial charge in [0.05, 0.1) is 5.69 Å². The van der Waals surface area contributed by atoms with Crippen molar-refractivity contribution in [2.75, 3.05) is 9.80 Å². The van der Waals surface area contributed by atoms with Gasteiger partial charge >= 0.3 is 0 Å². The highest BCUT2D eigenvalue weighted by Crippen LogP contribution is 2.44. The molecule has 9 aromatic rings. The Bertz CT molecular complexity index is 2730. The molecular formula is C54H40N2Si. The van der Waals surface area contributed by atoms with E-state index in [0.29, 0.717) is 0 Å². The zero-order valence-electron chi connectivity index (χ0n) is 31.5. The van der Waals surface area contributed by atoms with Crippen LogP contribution in [0.1, 0.15) is 0 Å². The van der Waals surface area contributed by atoms with Gasteiger partial charge in [-0.15, -0.1) is 0 Å². The summed E-state index contributed by atoms with van der Waals surface area (Å²) in [4.78, 5) is 4.93. The predicted octanol–water partition coefficient (Wildman–Crippen LogP) is 11.7. The first-order valence-electron chi connectivity index (χ1n) is 19.6. The summed E-state index contributed by atoms with van der Waals surface area (Å²) < 4.78 is 0. The van der Waals surface area contributed by atoms with Crippen LogP contribution >= 0.6 is 0 Å². The molecule has 0 fully saturated rings. The van der Waals surface area contributed by atoms with Crippen molar-refractivity contribution in [1.29, 1.82) is 0 Å². The Morgan fingerprint density at radius 2 is 0.807 bits per heavy atom. The summed E-state index contributed by atoms with van der Waals surface area (Å²) in [6.45, 7) is 0. The summed E-state index contributed by atoms with van der Waals surface area (Å²) in [5.74, 6) is 0. The van der Waals surface area contributed by atoms with Gasteiger partial charge in [0, 0.05) is 34.0 Å². The van der Waals surface area contributed by atoms with Crippen LogP contribution < -0.4 is 30.5 Å². The summed E-state index contributed by atoms with van der Waals surface area (Å²) in [6, 6.07) is 88.9. The highest BCUT2D eigenvalue weighted by atomic mass is 28.3. The molecular weight excluding hydrogens is 705 g/mol. The molecule has 0 aliphatic carbocycles. The van der Waals surface area contributed by atoms with Crippen LogP contribution in [-0.4, -0.2) is 8.07 Å². The number of fused-ring (bicyclic) bond motifs is 2. The standard InChI is InChI=1S/C54H40N2Si/c1-6-20-41(21-7-1)42-34-36-45(37-35-42)55(50-31-17-16-30-49(50)43-22-8-2-9-23-43)46-38-39-52-54(40-46)57(47-26-12-4-13-27-47,48-28-14-5-15-29-48)53-33-19-18-32-51(53)56(52)44-24-10-3-11-25-44/h1-40H. The van der Waals surface area contributed by atoms with E-state index in [1.807, 2.05) is 0 Å². The first kappa shape index (κ1) is 34.3. The van der Waals surface area contributed by atoms with E-state index < -0.39 is 8.07 Å². The highest BCUT2D eigenvalue weighted by Gasteiger charge is 2.49. The number of nitrogens with zero attached hydrogens (tertiary/aromatic N) is 2. The lowest BCUT2D eigenvalue weighted by atomic mass is 10.0. The largest absolute Gasteiger partial charge is 0.311 e. The molecule has 1 heterocycles. The molecule has 0 radical (unpaired) electrons. The minimum atomic E-state index is -2.93. The van der Waals surface area contributed by atoms with Crippen LogP contribution in [0.5, 0.6) is 0 Å². The third-order valence-corrected chi connectivity index (χ3v) is 16.2. The molecule has 0 saturated carbocycles. The fourth-order valence-corrected chi connectivity index (χ4v) is 14.0. The summed E-state index contributed by atoms with van der Waals surface area (Å²) in [5, 5.41) is 5.44. The van der Waals surface area contributed by atoms with Gasteiger partial charge in [-0.3, -0.25) is 0 Å². The fourth-order valence-electron chi connectivity index (χ4n) is 8.83. The molecule has 270 valence electrons. The molecule has 0 amide bonds. The van der Waals surface area contributed by atoms with E-state index in [1.54, 1.807) is 0 Å². The van der Waals surface area contributed by atoms with E-state index in [1.165, 1.54) is 54.4 Å². The summed E-state index contributed by atoms with van der Waals surface area (Å²) in [6.07, 6.45) is 0. The Balaban J connectivity index is 1.28. The van der Waals surface area contributed by atoms with Gasteiger partial charge in [-0.2, -0.15) is 0 Å². The third kappa shape index (κ3) is 5.97. The maximum atomic E-state index is 2.51. The van der Waals surface area contributed by atoms with Crippen LogP contribution in [0.2, 0.25) is 0 Å². The smallest absolute Gasteiger partial charge is 0.184 e. The molecule has 0 bridgehead atoms. The van der Waals surface area contributed by atoms with Gasteiger partial charge in [-0.25, -0.2) is 0 Å². The van der Waals surface area contributed by atoms with Crippen LogP contribution in [0, 0.1) is 0 Å². The molecule has 57 heavy (non-hydrogen) atoms. The Hall–Kier alpha value is -7.20. The molecule has 1 aliphatic rings. The van der Waals surface area contributed by atoms with E-state index in [2.05, 4.69) is 252 Å². The van der Waals surface area contributed by atoms with Gasteiger partial charge in [-0.05, 0) is 92.0 Å². The monoisotopic (exact) mass is 744 g/mol. The lowest BCUT2D eigenvalue weighted by Crippen LogP contribution is -2.77. The van der Waals surface area contributed by atoms with Gasteiger partial charge in [0.2, 0.25) is 0 Å². The van der Waals surface area contributed by atoms with Crippen LogP contribution in [0.3, 0.4) is 0 Å². The quantitative estimate of drug-likeness (QED) is 0.143. The molecule has 0 saturated heterocycles. The minimum Gasteiger partial charge on any atom is -0.311 e. The molecule has 10 rings (SSSR count). The Morgan fingerprint density at radius 1 is 0.333 bits per heavy atom. The average molecular weight is 745 g/mol. The Kier molecular flexibility index (Phi) is 8.90. The molecule has 0 aromatic heterocycles. The number of benzene rings is 9. The second kappa shape index (κ2) is 14.8. The topological polar surface area (TPSA) is 6.48 Å². The van der Waals surface area contributed by atoms with E-state index >= 15 is 0 Å². The molecule has 1 aliphatic heterocycles. The summed E-state index contributed by atoms with van der Waals surface area (Å²) >= 11 is 0. The molecule has 0 spiro atoms. The third-order valence-electron chi connectivity index (χ3n) is 11.3. The van der Waals surface area contributed by atoms with Crippen molar-refractivity contribution in [3.05, 3.63) is 243 Å². The van der Waals surface area contributed by atoms with Gasteiger partial charge < -0.3 is 9.80 Å². The lowest BCUT2D eigenvalue weighted by molar-refractivity contribution is 1.26. The van der Waals surface area contributed by atoms with Gasteiger partial charge in [0.25, 0.3) is 0 Å². The van der Waals surface area contributed by atoms with E-state index in [0.717, 1.165) is 22.7 Å². The van der Waals surface area contributed by atoms with Crippen LogP contribution in [0.15, 0.2) is 243 Å². The maximum Gasteiger partial charge on any atom is 0.184 e. The van der Waals surface area contributed by atoms with Gasteiger partial charge in [-0.1, -0.05) is 188 Å². The van der Waals surface area contributed by atoms with E-state index in [-0.39, 0.29) is 0 Å². The number of anilines is 6. The zero-order chi connectivity index (χ0) is 38.0. The van der Waals surface area contributed by atoms with Crippen molar-refractivity contribution in [2.24, 2.45) is 0 Å². The van der Waals surface area contributed by atoms with Crippen LogP contribution in [0.4, 0.5) is 34.1 Å². The van der Waals surface area contributed by atoms with Crippen molar-refractivity contribution in [2.45, 2.75) is 0 Å². The second-order valence-electron chi connectivity index (χ2n) is 14.5. The van der Waals surface area contributed by atoms with Gasteiger partial charge in [0.1, 0.15) is 0 Å². The number of hydrogen-bond donors (Lipinski definition) is 0. The first-order chi connectivity index (χ1) is 28.3. The predicted molar refractivity (Wildman–Crippen MR) is 244 cm³/mol. The molecule has 9 aromatic carbocycles.